The number of nitrogens with zero attached hydrogens (tertiary/aromatic N) is 3. The summed E-state index contributed by atoms with van der Waals surface area (Å²) in [6.07, 6.45) is 14.2. The fourth-order valence-electron chi connectivity index (χ4n) is 10.1. The molecule has 0 aromatic carbocycles. The lowest BCUT2D eigenvalue weighted by molar-refractivity contribution is -0.272. The molecule has 1 unspecified atom stereocenters. The Labute approximate surface area is 211 Å². The maximum Gasteiger partial charge on any atom is 0.171 e. The van der Waals surface area contributed by atoms with E-state index >= 15 is 0 Å². The molecule has 6 aliphatic rings. The minimum Gasteiger partial charge on any atom is -0.378 e. The van der Waals surface area contributed by atoms with Crippen molar-refractivity contribution in [2.45, 2.75) is 103 Å². The van der Waals surface area contributed by atoms with Crippen molar-refractivity contribution in [3.05, 3.63) is 22.1 Å². The van der Waals surface area contributed by atoms with Crippen LogP contribution in [0.5, 0.6) is 0 Å². The molecule has 0 N–H and O–H groups in total. The summed E-state index contributed by atoms with van der Waals surface area (Å²) in [6.45, 7) is 11.8. The number of hydrogen-bond donors (Lipinski definition) is 0. The van der Waals surface area contributed by atoms with Gasteiger partial charge in [0.25, 0.3) is 0 Å². The molecule has 1 spiro atoms. The standard InChI is InChI=1S/C29H45N3O3/c1-18-7-12-29(34-17-18)19(2)26-25(35-29)16-24-22-6-5-20-15-21(33-14-13-31-32-30)8-10-27(20,3)23(22)9-11-28(24,26)4/h5,18-19,21-26H,6-17H2,1-4H3/t18?,19-,21-,22+,23-,24-,25-,26-,27-,28-,29+/m0/s1. The summed E-state index contributed by atoms with van der Waals surface area (Å²) in [5, 5.41) is 3.63. The quantitative estimate of drug-likeness (QED) is 0.141. The zero-order chi connectivity index (χ0) is 24.4. The number of fused-ring (bicyclic) bond motifs is 7. The fourth-order valence-corrected chi connectivity index (χ4v) is 10.1. The lowest BCUT2D eigenvalue weighted by atomic mass is 9.47. The number of ether oxygens (including phenoxy) is 3. The molecular weight excluding hydrogens is 438 g/mol. The Morgan fingerprint density at radius 1 is 1.14 bits per heavy atom. The van der Waals surface area contributed by atoms with E-state index < -0.39 is 0 Å². The first-order valence-electron chi connectivity index (χ1n) is 14.4. The van der Waals surface area contributed by atoms with Gasteiger partial charge in [-0.1, -0.05) is 44.5 Å². The van der Waals surface area contributed by atoms with E-state index in [-0.39, 0.29) is 11.9 Å². The monoisotopic (exact) mass is 483 g/mol. The van der Waals surface area contributed by atoms with E-state index in [1.165, 1.54) is 38.5 Å². The highest BCUT2D eigenvalue weighted by Crippen LogP contribution is 2.70. The second-order valence-corrected chi connectivity index (χ2v) is 13.5. The van der Waals surface area contributed by atoms with Crippen LogP contribution in [0.1, 0.15) is 85.5 Å². The van der Waals surface area contributed by atoms with Crippen LogP contribution in [-0.4, -0.2) is 37.8 Å². The number of azide groups is 1. The largest absolute Gasteiger partial charge is 0.378 e. The Bertz CT molecular complexity index is 907. The fraction of sp³-hybridized carbons (Fsp3) is 0.931. The highest BCUT2D eigenvalue weighted by atomic mass is 16.7. The third-order valence-corrected chi connectivity index (χ3v) is 11.9. The summed E-state index contributed by atoms with van der Waals surface area (Å²) >= 11 is 0. The predicted molar refractivity (Wildman–Crippen MR) is 135 cm³/mol. The molecule has 5 fully saturated rings. The van der Waals surface area contributed by atoms with Crippen LogP contribution in [0.2, 0.25) is 0 Å². The number of rotatable bonds is 4. The average molecular weight is 484 g/mol. The Kier molecular flexibility index (Phi) is 6.07. The van der Waals surface area contributed by atoms with Crippen molar-refractivity contribution in [3.63, 3.8) is 0 Å². The van der Waals surface area contributed by atoms with E-state index in [2.05, 4.69) is 43.8 Å². The molecular formula is C29H45N3O3. The smallest absolute Gasteiger partial charge is 0.171 e. The highest BCUT2D eigenvalue weighted by molar-refractivity contribution is 5.26. The van der Waals surface area contributed by atoms with Crippen LogP contribution < -0.4 is 0 Å². The lowest BCUT2D eigenvalue weighted by Crippen LogP contribution is -2.52. The zero-order valence-electron chi connectivity index (χ0n) is 22.2. The molecule has 0 aromatic rings. The average Bonchev–Trinajstić information content (AvgIpc) is 3.29. The molecule has 0 aromatic heterocycles. The van der Waals surface area contributed by atoms with E-state index in [4.69, 9.17) is 19.7 Å². The van der Waals surface area contributed by atoms with E-state index in [0.29, 0.717) is 47.8 Å². The van der Waals surface area contributed by atoms with Gasteiger partial charge in [0.15, 0.2) is 5.79 Å². The van der Waals surface area contributed by atoms with E-state index in [1.807, 2.05) is 0 Å². The maximum absolute atomic E-state index is 8.51. The van der Waals surface area contributed by atoms with Crippen molar-refractivity contribution in [2.75, 3.05) is 19.8 Å². The molecule has 0 bridgehead atoms. The van der Waals surface area contributed by atoms with Gasteiger partial charge >= 0.3 is 0 Å². The van der Waals surface area contributed by atoms with Crippen LogP contribution >= 0.6 is 0 Å². The minimum atomic E-state index is -0.310. The molecule has 4 aliphatic carbocycles. The van der Waals surface area contributed by atoms with Crippen molar-refractivity contribution in [2.24, 2.45) is 51.5 Å². The molecule has 6 heteroatoms. The molecule has 0 amide bonds. The second-order valence-electron chi connectivity index (χ2n) is 13.5. The van der Waals surface area contributed by atoms with Gasteiger partial charge in [-0.25, -0.2) is 0 Å². The minimum absolute atomic E-state index is 0.281. The lowest BCUT2D eigenvalue weighted by Gasteiger charge is -2.58. The molecule has 6 rings (SSSR count). The predicted octanol–water partition coefficient (Wildman–Crippen LogP) is 7.05. The Balaban J connectivity index is 1.18. The van der Waals surface area contributed by atoms with Gasteiger partial charge < -0.3 is 14.2 Å². The van der Waals surface area contributed by atoms with Gasteiger partial charge in [0.2, 0.25) is 0 Å². The molecule has 11 atom stereocenters. The third-order valence-electron chi connectivity index (χ3n) is 11.9. The van der Waals surface area contributed by atoms with E-state index in [9.17, 15) is 0 Å². The summed E-state index contributed by atoms with van der Waals surface area (Å²) in [5.41, 5.74) is 10.9. The Morgan fingerprint density at radius 2 is 2.00 bits per heavy atom. The second kappa shape index (κ2) is 8.75. The van der Waals surface area contributed by atoms with Crippen molar-refractivity contribution < 1.29 is 14.2 Å². The third kappa shape index (κ3) is 3.65. The van der Waals surface area contributed by atoms with Crippen LogP contribution in [0.3, 0.4) is 0 Å². The maximum atomic E-state index is 8.51. The van der Waals surface area contributed by atoms with Gasteiger partial charge in [-0.15, -0.1) is 0 Å². The van der Waals surface area contributed by atoms with Crippen LogP contribution in [0, 0.1) is 46.3 Å². The van der Waals surface area contributed by atoms with Gasteiger partial charge in [0, 0.05) is 23.8 Å². The summed E-state index contributed by atoms with van der Waals surface area (Å²) in [6, 6.07) is 0. The van der Waals surface area contributed by atoms with E-state index in [1.54, 1.807) is 5.57 Å². The van der Waals surface area contributed by atoms with Crippen LogP contribution in [-0.2, 0) is 14.2 Å². The number of hydrogen-bond acceptors (Lipinski definition) is 4. The summed E-state index contributed by atoms with van der Waals surface area (Å²) in [7, 11) is 0. The van der Waals surface area contributed by atoms with Crippen LogP contribution in [0.4, 0.5) is 0 Å². The van der Waals surface area contributed by atoms with Crippen LogP contribution in [0.25, 0.3) is 10.4 Å². The van der Waals surface area contributed by atoms with Crippen molar-refractivity contribution >= 4 is 0 Å². The molecule has 2 aliphatic heterocycles. The van der Waals surface area contributed by atoms with Gasteiger partial charge in [-0.05, 0) is 97.3 Å². The molecule has 194 valence electrons. The molecule has 2 heterocycles. The summed E-state index contributed by atoms with van der Waals surface area (Å²) in [4.78, 5) is 2.84. The van der Waals surface area contributed by atoms with Gasteiger partial charge in [-0.3, -0.25) is 0 Å². The van der Waals surface area contributed by atoms with Gasteiger partial charge in [0.1, 0.15) is 0 Å². The van der Waals surface area contributed by atoms with Gasteiger partial charge in [-0.2, -0.15) is 0 Å². The normalized spacial score (nSPS) is 52.6. The van der Waals surface area contributed by atoms with E-state index in [0.717, 1.165) is 43.6 Å². The molecule has 2 saturated heterocycles. The first kappa shape index (κ1) is 24.3. The Morgan fingerprint density at radius 3 is 2.77 bits per heavy atom. The number of allylic oxidation sites excluding steroid dienone is 1. The summed E-state index contributed by atoms with van der Waals surface area (Å²) in [5.74, 6) is 3.83. The Hall–Kier alpha value is -1.07. The van der Waals surface area contributed by atoms with Crippen molar-refractivity contribution in [1.29, 1.82) is 0 Å². The topological polar surface area (TPSA) is 76.5 Å². The molecule has 35 heavy (non-hydrogen) atoms. The van der Waals surface area contributed by atoms with Crippen LogP contribution in [0.15, 0.2) is 16.8 Å². The summed E-state index contributed by atoms with van der Waals surface area (Å²) < 4.78 is 19.5. The van der Waals surface area contributed by atoms with Crippen molar-refractivity contribution in [1.82, 2.24) is 0 Å². The van der Waals surface area contributed by atoms with Crippen molar-refractivity contribution in [3.8, 4) is 0 Å². The zero-order valence-corrected chi connectivity index (χ0v) is 22.2. The molecule has 6 nitrogen and oxygen atoms in total. The first-order chi connectivity index (χ1) is 16.8. The molecule has 3 saturated carbocycles. The molecule has 0 radical (unpaired) electrons. The first-order valence-corrected chi connectivity index (χ1v) is 14.4. The highest BCUT2D eigenvalue weighted by Gasteiger charge is 2.68. The van der Waals surface area contributed by atoms with Gasteiger partial charge in [0.05, 0.1) is 25.4 Å². The SMILES string of the molecule is CC1CC[C@@]2(OC1)O[C@H]1C[C@H]3[C@@H]4CC=C5C[C@@H](OCCN=[N+]=[N-])CC[C@]5(C)[C@H]4CC[C@]3(C)[C@H]1[C@@H]2C.